The number of carbonyl (C=O) groups is 1. The van der Waals surface area contributed by atoms with Crippen LogP contribution in [0.5, 0.6) is 0 Å². The van der Waals surface area contributed by atoms with E-state index in [9.17, 15) is 4.79 Å². The third-order valence-electron chi connectivity index (χ3n) is 4.67. The van der Waals surface area contributed by atoms with Gasteiger partial charge in [0, 0.05) is 6.54 Å². The molecular formula is C13H22N2O. The molecule has 90 valence electrons. The first kappa shape index (κ1) is 10.6. The molecule has 1 amide bonds. The number of hydrogen-bond donors (Lipinski definition) is 1. The first-order valence-electron chi connectivity index (χ1n) is 6.78. The quantitative estimate of drug-likeness (QED) is 0.786. The standard InChI is InChI=1S/C13H22N2O/c1-9-6-11(9)8-15-12(16)7-14-13(15)10-4-2-3-5-10/h9-11,13-14H,2-8H2,1H3. The van der Waals surface area contributed by atoms with Gasteiger partial charge < -0.3 is 4.90 Å². The summed E-state index contributed by atoms with van der Waals surface area (Å²) in [6.45, 7) is 3.87. The maximum Gasteiger partial charge on any atom is 0.237 e. The van der Waals surface area contributed by atoms with Gasteiger partial charge in [-0.3, -0.25) is 10.1 Å². The van der Waals surface area contributed by atoms with Gasteiger partial charge in [-0.05, 0) is 37.0 Å². The molecule has 0 radical (unpaired) electrons. The fourth-order valence-electron chi connectivity index (χ4n) is 3.37. The highest BCUT2D eigenvalue weighted by Gasteiger charge is 2.42. The van der Waals surface area contributed by atoms with E-state index in [0.29, 0.717) is 18.6 Å². The van der Waals surface area contributed by atoms with Gasteiger partial charge in [-0.2, -0.15) is 0 Å². The number of carbonyl (C=O) groups excluding carboxylic acids is 1. The summed E-state index contributed by atoms with van der Waals surface area (Å²) in [7, 11) is 0. The second-order valence-electron chi connectivity index (χ2n) is 5.89. The Morgan fingerprint density at radius 3 is 2.69 bits per heavy atom. The highest BCUT2D eigenvalue weighted by molar-refractivity contribution is 5.80. The molecular weight excluding hydrogens is 200 g/mol. The molecule has 3 aliphatic rings. The highest BCUT2D eigenvalue weighted by atomic mass is 16.2. The minimum absolute atomic E-state index is 0.330. The molecule has 1 heterocycles. The molecule has 2 aliphatic carbocycles. The lowest BCUT2D eigenvalue weighted by atomic mass is 10.0. The van der Waals surface area contributed by atoms with Crippen LogP contribution in [0.3, 0.4) is 0 Å². The summed E-state index contributed by atoms with van der Waals surface area (Å²) >= 11 is 0. The van der Waals surface area contributed by atoms with Gasteiger partial charge in [-0.15, -0.1) is 0 Å². The molecule has 0 aromatic carbocycles. The van der Waals surface area contributed by atoms with E-state index in [1.807, 2.05) is 0 Å². The summed E-state index contributed by atoms with van der Waals surface area (Å²) in [5.74, 6) is 2.68. The fraction of sp³-hybridized carbons (Fsp3) is 0.923. The van der Waals surface area contributed by atoms with Crippen LogP contribution in [0.2, 0.25) is 0 Å². The van der Waals surface area contributed by atoms with Gasteiger partial charge in [-0.1, -0.05) is 19.8 Å². The largest absolute Gasteiger partial charge is 0.325 e. The third-order valence-corrected chi connectivity index (χ3v) is 4.67. The summed E-state index contributed by atoms with van der Waals surface area (Å²) in [6.07, 6.45) is 7.00. The summed E-state index contributed by atoms with van der Waals surface area (Å²) in [4.78, 5) is 14.0. The number of hydrogen-bond acceptors (Lipinski definition) is 2. The third kappa shape index (κ3) is 1.86. The molecule has 3 nitrogen and oxygen atoms in total. The Kier molecular flexibility index (Phi) is 2.66. The molecule has 0 spiro atoms. The van der Waals surface area contributed by atoms with Gasteiger partial charge in [-0.25, -0.2) is 0 Å². The maximum atomic E-state index is 11.9. The second kappa shape index (κ2) is 4.02. The highest BCUT2D eigenvalue weighted by Crippen LogP contribution is 2.40. The Bertz CT molecular complexity index is 286. The summed E-state index contributed by atoms with van der Waals surface area (Å²) < 4.78 is 0. The van der Waals surface area contributed by atoms with Crippen LogP contribution in [0.1, 0.15) is 39.0 Å². The molecule has 16 heavy (non-hydrogen) atoms. The van der Waals surface area contributed by atoms with Gasteiger partial charge >= 0.3 is 0 Å². The predicted molar refractivity (Wildman–Crippen MR) is 62.7 cm³/mol. The van der Waals surface area contributed by atoms with Crippen molar-refractivity contribution in [2.75, 3.05) is 13.1 Å². The van der Waals surface area contributed by atoms with Crippen LogP contribution in [0.15, 0.2) is 0 Å². The van der Waals surface area contributed by atoms with E-state index in [0.717, 1.165) is 24.3 Å². The van der Waals surface area contributed by atoms with Crippen LogP contribution in [-0.2, 0) is 4.79 Å². The Morgan fingerprint density at radius 1 is 1.38 bits per heavy atom. The van der Waals surface area contributed by atoms with Gasteiger partial charge in [0.05, 0.1) is 12.7 Å². The Balaban J connectivity index is 1.64. The van der Waals surface area contributed by atoms with Crippen LogP contribution in [0.4, 0.5) is 0 Å². The summed E-state index contributed by atoms with van der Waals surface area (Å²) in [5, 5.41) is 3.42. The van der Waals surface area contributed by atoms with Gasteiger partial charge in [0.15, 0.2) is 0 Å². The molecule has 0 aromatic heterocycles. The maximum absolute atomic E-state index is 11.9. The van der Waals surface area contributed by atoms with E-state index in [2.05, 4.69) is 17.1 Å². The number of nitrogens with zero attached hydrogens (tertiary/aromatic N) is 1. The zero-order chi connectivity index (χ0) is 11.1. The molecule has 3 heteroatoms. The van der Waals surface area contributed by atoms with Crippen LogP contribution < -0.4 is 5.32 Å². The van der Waals surface area contributed by atoms with E-state index < -0.39 is 0 Å². The molecule has 1 N–H and O–H groups in total. The van der Waals surface area contributed by atoms with Crippen molar-refractivity contribution < 1.29 is 4.79 Å². The Hall–Kier alpha value is -0.570. The van der Waals surface area contributed by atoms with E-state index in [-0.39, 0.29) is 0 Å². The molecule has 0 bridgehead atoms. The summed E-state index contributed by atoms with van der Waals surface area (Å²) in [6, 6.07) is 0. The average Bonchev–Trinajstić information content (AvgIpc) is 2.73. The first-order chi connectivity index (χ1) is 7.75. The number of amides is 1. The van der Waals surface area contributed by atoms with E-state index in [1.165, 1.54) is 32.1 Å². The molecule has 3 rings (SSSR count). The lowest BCUT2D eigenvalue weighted by Crippen LogP contribution is -2.43. The van der Waals surface area contributed by atoms with Gasteiger partial charge in [0.25, 0.3) is 0 Å². The van der Waals surface area contributed by atoms with Crippen LogP contribution in [-0.4, -0.2) is 30.1 Å². The lowest BCUT2D eigenvalue weighted by molar-refractivity contribution is -0.128. The zero-order valence-electron chi connectivity index (χ0n) is 10.1. The van der Waals surface area contributed by atoms with Crippen molar-refractivity contribution in [2.24, 2.45) is 17.8 Å². The minimum atomic E-state index is 0.330. The van der Waals surface area contributed by atoms with Gasteiger partial charge in [0.2, 0.25) is 5.91 Å². The topological polar surface area (TPSA) is 32.3 Å². The Labute approximate surface area is 97.6 Å². The van der Waals surface area contributed by atoms with Crippen LogP contribution in [0.25, 0.3) is 0 Å². The molecule has 1 aliphatic heterocycles. The first-order valence-corrected chi connectivity index (χ1v) is 6.78. The van der Waals surface area contributed by atoms with Crippen molar-refractivity contribution in [3.05, 3.63) is 0 Å². The van der Waals surface area contributed by atoms with Crippen molar-refractivity contribution in [3.63, 3.8) is 0 Å². The van der Waals surface area contributed by atoms with Crippen molar-refractivity contribution in [1.82, 2.24) is 10.2 Å². The van der Waals surface area contributed by atoms with Crippen LogP contribution >= 0.6 is 0 Å². The molecule has 3 fully saturated rings. The van der Waals surface area contributed by atoms with Crippen molar-refractivity contribution in [3.8, 4) is 0 Å². The fourth-order valence-corrected chi connectivity index (χ4v) is 3.37. The van der Waals surface area contributed by atoms with Crippen LogP contribution in [0, 0.1) is 17.8 Å². The zero-order valence-corrected chi connectivity index (χ0v) is 10.1. The average molecular weight is 222 g/mol. The second-order valence-corrected chi connectivity index (χ2v) is 5.89. The molecule has 3 atom stereocenters. The molecule has 0 aromatic rings. The van der Waals surface area contributed by atoms with E-state index in [4.69, 9.17) is 0 Å². The number of nitrogens with one attached hydrogen (secondary N) is 1. The molecule has 1 saturated heterocycles. The summed E-state index contributed by atoms with van der Waals surface area (Å²) in [5.41, 5.74) is 0. The van der Waals surface area contributed by atoms with Gasteiger partial charge in [0.1, 0.15) is 0 Å². The molecule has 3 unspecified atom stereocenters. The monoisotopic (exact) mass is 222 g/mol. The lowest BCUT2D eigenvalue weighted by Gasteiger charge is -2.29. The molecule has 2 saturated carbocycles. The van der Waals surface area contributed by atoms with E-state index >= 15 is 0 Å². The van der Waals surface area contributed by atoms with Crippen molar-refractivity contribution in [1.29, 1.82) is 0 Å². The minimum Gasteiger partial charge on any atom is -0.325 e. The number of rotatable bonds is 3. The van der Waals surface area contributed by atoms with Crippen molar-refractivity contribution in [2.45, 2.75) is 45.2 Å². The van der Waals surface area contributed by atoms with E-state index in [1.54, 1.807) is 0 Å². The SMILES string of the molecule is CC1CC1CN1C(=O)CNC1C1CCCC1. The Morgan fingerprint density at radius 2 is 2.06 bits per heavy atom. The van der Waals surface area contributed by atoms with Crippen molar-refractivity contribution >= 4 is 5.91 Å². The normalized spacial score (nSPS) is 39.7. The predicted octanol–water partition coefficient (Wildman–Crippen LogP) is 1.59. The smallest absolute Gasteiger partial charge is 0.237 e.